The van der Waals surface area contributed by atoms with Gasteiger partial charge in [-0.3, -0.25) is 0 Å². The van der Waals surface area contributed by atoms with Crippen LogP contribution in [0.1, 0.15) is 11.1 Å². The van der Waals surface area contributed by atoms with E-state index in [1.54, 1.807) is 59.2 Å². The van der Waals surface area contributed by atoms with Crippen LogP contribution >= 0.6 is 0 Å². The number of nitrogen functional groups attached to an aromatic ring is 1. The molecule has 0 unspecified atom stereocenters. The van der Waals surface area contributed by atoms with Crippen molar-refractivity contribution in [3.63, 3.8) is 0 Å². The third kappa shape index (κ3) is 3.62. The number of sulfone groups is 1. The van der Waals surface area contributed by atoms with Crippen LogP contribution in [0.25, 0.3) is 22.2 Å². The zero-order valence-electron chi connectivity index (χ0n) is 17.9. The van der Waals surface area contributed by atoms with Crippen LogP contribution in [0.2, 0.25) is 0 Å². The van der Waals surface area contributed by atoms with E-state index < -0.39 is 9.84 Å². The molecule has 5 rings (SSSR count). The van der Waals surface area contributed by atoms with Crippen molar-refractivity contribution in [3.05, 3.63) is 89.7 Å². The Balaban J connectivity index is 1.73. The first kappa shape index (κ1) is 21.1. The molecule has 3 aromatic carbocycles. The first-order valence-electron chi connectivity index (χ1n) is 10.5. The maximum absolute atomic E-state index is 14.2. The first-order valence-corrected chi connectivity index (χ1v) is 11.9. The molecule has 0 aliphatic rings. The summed E-state index contributed by atoms with van der Waals surface area (Å²) < 4.78 is 43.1. The third-order valence-electron chi connectivity index (χ3n) is 5.71. The highest BCUT2D eigenvalue weighted by molar-refractivity contribution is 7.92. The molecule has 0 fully saturated rings. The van der Waals surface area contributed by atoms with Crippen LogP contribution in [0.4, 0.5) is 10.2 Å². The van der Waals surface area contributed by atoms with Crippen molar-refractivity contribution in [3.8, 4) is 0 Å². The van der Waals surface area contributed by atoms with E-state index in [1.165, 1.54) is 6.07 Å². The van der Waals surface area contributed by atoms with Gasteiger partial charge in [-0.05, 0) is 49.2 Å². The zero-order valence-corrected chi connectivity index (χ0v) is 18.7. The number of para-hydroxylation sites is 2. The maximum atomic E-state index is 14.2. The van der Waals surface area contributed by atoms with Gasteiger partial charge in [0.25, 0.3) is 0 Å². The quantitative estimate of drug-likeness (QED) is 0.411. The largest absolute Gasteiger partial charge is 0.384 e. The molecule has 0 aliphatic heterocycles. The number of fused-ring (bicyclic) bond motifs is 2. The van der Waals surface area contributed by atoms with Gasteiger partial charge in [-0.15, -0.1) is 0 Å². The number of aromatic nitrogens is 3. The number of aryl methyl sites for hydroxylation is 3. The Morgan fingerprint density at radius 3 is 2.24 bits per heavy atom. The van der Waals surface area contributed by atoms with Gasteiger partial charge in [0.15, 0.2) is 5.65 Å². The molecular weight excluding hydrogens is 439 g/mol. The number of hydrogen-bond donors (Lipinski definition) is 1. The summed E-state index contributed by atoms with van der Waals surface area (Å²) in [6, 6.07) is 20.3. The summed E-state index contributed by atoms with van der Waals surface area (Å²) in [5, 5.41) is 0. The van der Waals surface area contributed by atoms with Crippen molar-refractivity contribution >= 4 is 37.9 Å². The van der Waals surface area contributed by atoms with Crippen molar-refractivity contribution in [1.29, 1.82) is 0 Å². The molecule has 0 saturated heterocycles. The Morgan fingerprint density at radius 2 is 1.55 bits per heavy atom. The smallest absolute Gasteiger partial charge is 0.212 e. The van der Waals surface area contributed by atoms with E-state index in [-0.39, 0.29) is 33.5 Å². The maximum Gasteiger partial charge on any atom is 0.212 e. The molecule has 5 aromatic rings. The topological polar surface area (TPSA) is 90.9 Å². The Bertz CT molecular complexity index is 1610. The average molecular weight is 461 g/mol. The van der Waals surface area contributed by atoms with E-state index in [0.717, 1.165) is 5.56 Å². The lowest BCUT2D eigenvalue weighted by Crippen LogP contribution is -2.10. The fourth-order valence-electron chi connectivity index (χ4n) is 3.95. The number of nitrogens with zero attached hydrogens (tertiary/aromatic N) is 3. The van der Waals surface area contributed by atoms with Crippen LogP contribution in [0.3, 0.4) is 0 Å². The fraction of sp³-hybridized carbons (Fsp3) is 0.120. The summed E-state index contributed by atoms with van der Waals surface area (Å²) in [5.41, 5.74) is 9.65. The van der Waals surface area contributed by atoms with Gasteiger partial charge in [0.1, 0.15) is 22.0 Å². The summed E-state index contributed by atoms with van der Waals surface area (Å²) >= 11 is 0. The third-order valence-corrected chi connectivity index (χ3v) is 7.54. The van der Waals surface area contributed by atoms with Gasteiger partial charge in [0.05, 0.1) is 15.9 Å². The summed E-state index contributed by atoms with van der Waals surface area (Å²) in [6.07, 6.45) is 0.319. The Morgan fingerprint density at radius 1 is 0.909 bits per heavy atom. The minimum atomic E-state index is -3.97. The Labute approximate surface area is 190 Å². The zero-order chi connectivity index (χ0) is 23.2. The first-order chi connectivity index (χ1) is 15.9. The molecule has 0 amide bonds. The highest BCUT2D eigenvalue weighted by Crippen LogP contribution is 2.35. The molecule has 166 valence electrons. The average Bonchev–Trinajstić information content (AvgIpc) is 3.08. The van der Waals surface area contributed by atoms with Gasteiger partial charge in [-0.2, -0.15) is 0 Å². The highest BCUT2D eigenvalue weighted by Gasteiger charge is 2.30. The fourth-order valence-corrected chi connectivity index (χ4v) is 5.46. The van der Waals surface area contributed by atoms with E-state index in [1.807, 2.05) is 19.1 Å². The lowest BCUT2D eigenvalue weighted by Gasteiger charge is -2.09. The summed E-state index contributed by atoms with van der Waals surface area (Å²) in [5.74, 6) is -0.284. The summed E-state index contributed by atoms with van der Waals surface area (Å²) in [4.78, 5) is 9.35. The van der Waals surface area contributed by atoms with Crippen LogP contribution in [-0.2, 0) is 22.8 Å². The minimum Gasteiger partial charge on any atom is -0.384 e. The Hall–Kier alpha value is -3.78. The predicted octanol–water partition coefficient (Wildman–Crippen LogP) is 4.69. The van der Waals surface area contributed by atoms with Crippen molar-refractivity contribution in [2.75, 3.05) is 5.73 Å². The van der Waals surface area contributed by atoms with Crippen molar-refractivity contribution < 1.29 is 12.8 Å². The molecular formula is C25H21FN4O2S. The van der Waals surface area contributed by atoms with Gasteiger partial charge < -0.3 is 10.3 Å². The highest BCUT2D eigenvalue weighted by atomic mass is 32.2. The standard InChI is InChI=1S/C25H21FN4O2S/c1-16-10-12-18(13-11-16)33(31,32)23-22-25(29-21-9-5-4-8-20(21)28-22)30(24(23)27)15-14-17-6-2-3-7-19(17)26/h2-13H,14-15,27H2,1H3. The summed E-state index contributed by atoms with van der Waals surface area (Å²) in [7, 11) is -3.97. The van der Waals surface area contributed by atoms with Crippen LogP contribution in [0, 0.1) is 12.7 Å². The number of benzene rings is 3. The molecule has 0 atom stereocenters. The lowest BCUT2D eigenvalue weighted by atomic mass is 10.1. The van der Waals surface area contributed by atoms with E-state index in [4.69, 9.17) is 5.73 Å². The minimum absolute atomic E-state index is 0.0391. The second-order valence-corrected chi connectivity index (χ2v) is 9.79. The van der Waals surface area contributed by atoms with E-state index >= 15 is 0 Å². The predicted molar refractivity (Wildman–Crippen MR) is 126 cm³/mol. The van der Waals surface area contributed by atoms with Gasteiger partial charge >= 0.3 is 0 Å². The van der Waals surface area contributed by atoms with Crippen LogP contribution < -0.4 is 5.73 Å². The monoisotopic (exact) mass is 460 g/mol. The van der Waals surface area contributed by atoms with Gasteiger partial charge in [-0.25, -0.2) is 22.8 Å². The second-order valence-electron chi connectivity index (χ2n) is 7.91. The lowest BCUT2D eigenvalue weighted by molar-refractivity contribution is 0.592. The normalized spacial score (nSPS) is 11.9. The molecule has 0 spiro atoms. The van der Waals surface area contributed by atoms with Crippen molar-refractivity contribution in [2.24, 2.45) is 0 Å². The molecule has 2 aromatic heterocycles. The molecule has 2 heterocycles. The second kappa shape index (κ2) is 7.97. The summed E-state index contributed by atoms with van der Waals surface area (Å²) in [6.45, 7) is 2.14. The number of hydrogen-bond acceptors (Lipinski definition) is 5. The van der Waals surface area contributed by atoms with Crippen molar-refractivity contribution in [2.45, 2.75) is 29.7 Å². The number of anilines is 1. The van der Waals surface area contributed by atoms with Gasteiger partial charge in [0.2, 0.25) is 9.84 Å². The molecule has 2 N–H and O–H groups in total. The van der Waals surface area contributed by atoms with Crippen LogP contribution in [0.5, 0.6) is 0 Å². The van der Waals surface area contributed by atoms with Crippen LogP contribution in [0.15, 0.2) is 82.6 Å². The number of nitrogens with two attached hydrogens (primary N) is 1. The molecule has 0 bridgehead atoms. The van der Waals surface area contributed by atoms with E-state index in [2.05, 4.69) is 9.97 Å². The van der Waals surface area contributed by atoms with E-state index in [9.17, 15) is 12.8 Å². The molecule has 0 saturated carbocycles. The molecule has 0 aliphatic carbocycles. The molecule has 33 heavy (non-hydrogen) atoms. The Kier molecular flexibility index (Phi) is 5.09. The SMILES string of the molecule is Cc1ccc(S(=O)(=O)c2c(N)n(CCc3ccccc3F)c3nc4ccccc4nc23)cc1. The van der Waals surface area contributed by atoms with Gasteiger partial charge in [0, 0.05) is 6.54 Å². The molecule has 6 nitrogen and oxygen atoms in total. The van der Waals surface area contributed by atoms with E-state index in [0.29, 0.717) is 28.7 Å². The number of rotatable bonds is 5. The molecule has 0 radical (unpaired) electrons. The molecule has 8 heteroatoms. The van der Waals surface area contributed by atoms with Crippen LogP contribution in [-0.4, -0.2) is 23.0 Å². The van der Waals surface area contributed by atoms with Gasteiger partial charge in [-0.1, -0.05) is 48.0 Å². The van der Waals surface area contributed by atoms with Crippen molar-refractivity contribution in [1.82, 2.24) is 14.5 Å². The number of halogens is 1.